The van der Waals surface area contributed by atoms with Gasteiger partial charge in [0.25, 0.3) is 0 Å². The van der Waals surface area contributed by atoms with Crippen LogP contribution in [0.3, 0.4) is 0 Å². The molecule has 0 aromatic carbocycles. The lowest BCUT2D eigenvalue weighted by Crippen LogP contribution is -2.16. The summed E-state index contributed by atoms with van der Waals surface area (Å²) in [5.41, 5.74) is 0. The largest absolute Gasteiger partial charge is 0.479 e. The van der Waals surface area contributed by atoms with Gasteiger partial charge in [-0.15, -0.1) is 0 Å². The Bertz CT molecular complexity index is 236. The van der Waals surface area contributed by atoms with E-state index in [1.807, 2.05) is 18.4 Å². The molecule has 1 N–H and O–H groups in total. The second-order valence-corrected chi connectivity index (χ2v) is 3.79. The molecule has 0 aromatic heterocycles. The molecule has 0 saturated heterocycles. The molecule has 1 radical (unpaired) electrons. The number of hydrogen-bond donors (Lipinski definition) is 1. The molecule has 0 saturated carbocycles. The summed E-state index contributed by atoms with van der Waals surface area (Å²) in [6.07, 6.45) is 11.0. The fourth-order valence-corrected chi connectivity index (χ4v) is 1.26. The van der Waals surface area contributed by atoms with Crippen LogP contribution in [0.25, 0.3) is 0 Å². The standard InChI is InChI=1S/C13H22NO2/c1-3-5-9-15-12-7-8-14-13(11-12)16-10-6-4-2/h7-8,11,14H,3-6,9-10H2,1-2H3. The molecule has 0 aliphatic carbocycles. The lowest BCUT2D eigenvalue weighted by Gasteiger charge is -2.17. The van der Waals surface area contributed by atoms with Gasteiger partial charge in [0.1, 0.15) is 6.10 Å². The van der Waals surface area contributed by atoms with Crippen molar-refractivity contribution in [1.29, 1.82) is 0 Å². The molecule has 0 spiro atoms. The second kappa shape index (κ2) is 8.22. The first-order chi connectivity index (χ1) is 7.86. The minimum atomic E-state index is 0.755. The third kappa shape index (κ3) is 5.21. The molecule has 3 nitrogen and oxygen atoms in total. The number of ether oxygens (including phenoxy) is 2. The van der Waals surface area contributed by atoms with Gasteiger partial charge in [-0.2, -0.15) is 0 Å². The van der Waals surface area contributed by atoms with Crippen molar-refractivity contribution >= 4 is 0 Å². The van der Waals surface area contributed by atoms with Crippen molar-refractivity contribution < 1.29 is 9.47 Å². The van der Waals surface area contributed by atoms with Crippen molar-refractivity contribution in [3.63, 3.8) is 0 Å². The van der Waals surface area contributed by atoms with Crippen LogP contribution < -0.4 is 5.32 Å². The average molecular weight is 224 g/mol. The highest BCUT2D eigenvalue weighted by molar-refractivity contribution is 5.23. The summed E-state index contributed by atoms with van der Waals surface area (Å²) in [6.45, 7) is 5.83. The van der Waals surface area contributed by atoms with Gasteiger partial charge in [0.2, 0.25) is 0 Å². The van der Waals surface area contributed by atoms with Crippen LogP contribution in [0.15, 0.2) is 24.2 Å². The van der Waals surface area contributed by atoms with E-state index >= 15 is 0 Å². The van der Waals surface area contributed by atoms with Gasteiger partial charge in [0, 0.05) is 18.9 Å². The van der Waals surface area contributed by atoms with Crippen LogP contribution in [0.5, 0.6) is 0 Å². The van der Waals surface area contributed by atoms with E-state index in [1.54, 1.807) is 0 Å². The van der Waals surface area contributed by atoms with Gasteiger partial charge in [0.15, 0.2) is 5.88 Å². The van der Waals surface area contributed by atoms with Crippen LogP contribution >= 0.6 is 0 Å². The molecule has 1 heterocycles. The fourth-order valence-electron chi connectivity index (χ4n) is 1.26. The summed E-state index contributed by atoms with van der Waals surface area (Å²) in [4.78, 5) is 0. The summed E-state index contributed by atoms with van der Waals surface area (Å²) in [5, 5.41) is 3.06. The molecular weight excluding hydrogens is 202 g/mol. The number of hydrogen-bond acceptors (Lipinski definition) is 3. The minimum absolute atomic E-state index is 0.755. The number of nitrogens with one attached hydrogen (secondary N) is 1. The van der Waals surface area contributed by atoms with Crippen molar-refractivity contribution in [2.24, 2.45) is 0 Å². The van der Waals surface area contributed by atoms with Crippen LogP contribution in [0.2, 0.25) is 0 Å². The molecule has 16 heavy (non-hydrogen) atoms. The van der Waals surface area contributed by atoms with Gasteiger partial charge in [-0.1, -0.05) is 26.7 Å². The van der Waals surface area contributed by atoms with Gasteiger partial charge >= 0.3 is 0 Å². The molecule has 0 amide bonds. The molecule has 91 valence electrons. The molecule has 0 aromatic rings. The first-order valence-electron chi connectivity index (χ1n) is 6.14. The molecule has 0 unspecified atom stereocenters. The van der Waals surface area contributed by atoms with Crippen LogP contribution in [0.1, 0.15) is 39.5 Å². The zero-order valence-corrected chi connectivity index (χ0v) is 10.3. The van der Waals surface area contributed by atoms with Gasteiger partial charge in [-0.3, -0.25) is 0 Å². The summed E-state index contributed by atoms with van der Waals surface area (Å²) in [5.74, 6) is 0.780. The molecule has 0 fully saturated rings. The van der Waals surface area contributed by atoms with Gasteiger partial charge < -0.3 is 14.8 Å². The molecular formula is C13H22NO2. The van der Waals surface area contributed by atoms with Crippen LogP contribution in [-0.4, -0.2) is 13.2 Å². The van der Waals surface area contributed by atoms with Crippen molar-refractivity contribution in [2.45, 2.75) is 39.5 Å². The molecule has 1 aliphatic heterocycles. The molecule has 3 heteroatoms. The van der Waals surface area contributed by atoms with E-state index in [0.29, 0.717) is 0 Å². The smallest absolute Gasteiger partial charge is 0.189 e. The summed E-state index contributed by atoms with van der Waals surface area (Å²) >= 11 is 0. The lowest BCUT2D eigenvalue weighted by molar-refractivity contribution is 0.160. The van der Waals surface area contributed by atoms with Gasteiger partial charge in [0.05, 0.1) is 6.61 Å². The topological polar surface area (TPSA) is 30.5 Å². The van der Waals surface area contributed by atoms with Crippen molar-refractivity contribution in [3.05, 3.63) is 30.3 Å². The Kier molecular flexibility index (Phi) is 6.74. The lowest BCUT2D eigenvalue weighted by atomic mass is 10.3. The summed E-state index contributed by atoms with van der Waals surface area (Å²) < 4.78 is 11.2. The highest BCUT2D eigenvalue weighted by atomic mass is 16.5. The average Bonchev–Trinajstić information content (AvgIpc) is 2.30. The number of unbranched alkanes of at least 4 members (excludes halogenated alkanes) is 2. The fraction of sp³-hybridized carbons (Fsp3) is 0.615. The maximum atomic E-state index is 5.59. The predicted molar refractivity (Wildman–Crippen MR) is 65.3 cm³/mol. The summed E-state index contributed by atoms with van der Waals surface area (Å²) in [7, 11) is 0. The second-order valence-electron chi connectivity index (χ2n) is 3.79. The highest BCUT2D eigenvalue weighted by Crippen LogP contribution is 2.14. The molecule has 1 rings (SSSR count). The van der Waals surface area contributed by atoms with E-state index < -0.39 is 0 Å². The Morgan fingerprint density at radius 2 is 1.75 bits per heavy atom. The molecule has 0 atom stereocenters. The minimum Gasteiger partial charge on any atom is -0.479 e. The Morgan fingerprint density at radius 3 is 2.44 bits per heavy atom. The monoisotopic (exact) mass is 224 g/mol. The third-order valence-electron chi connectivity index (χ3n) is 2.27. The maximum Gasteiger partial charge on any atom is 0.189 e. The van der Waals surface area contributed by atoms with E-state index in [4.69, 9.17) is 9.47 Å². The first-order valence-corrected chi connectivity index (χ1v) is 6.14. The van der Waals surface area contributed by atoms with Gasteiger partial charge in [-0.05, 0) is 18.9 Å². The van der Waals surface area contributed by atoms with Crippen LogP contribution in [0.4, 0.5) is 0 Å². The van der Waals surface area contributed by atoms with Crippen molar-refractivity contribution in [1.82, 2.24) is 5.32 Å². The summed E-state index contributed by atoms with van der Waals surface area (Å²) in [6, 6.07) is 0. The first kappa shape index (κ1) is 13.1. The van der Waals surface area contributed by atoms with E-state index in [-0.39, 0.29) is 0 Å². The van der Waals surface area contributed by atoms with E-state index in [9.17, 15) is 0 Å². The maximum absolute atomic E-state index is 5.59. The van der Waals surface area contributed by atoms with Crippen LogP contribution in [0, 0.1) is 6.10 Å². The van der Waals surface area contributed by atoms with Crippen molar-refractivity contribution in [3.8, 4) is 0 Å². The highest BCUT2D eigenvalue weighted by Gasteiger charge is 2.10. The Hall–Kier alpha value is -0.960. The Morgan fingerprint density at radius 1 is 1.06 bits per heavy atom. The predicted octanol–water partition coefficient (Wildman–Crippen LogP) is 3.11. The quantitative estimate of drug-likeness (QED) is 0.643. The molecule has 0 bridgehead atoms. The zero-order valence-electron chi connectivity index (χ0n) is 10.3. The SMILES string of the molecule is CCCCO[C]1C=CNC(OCCCC)=C1. The Labute approximate surface area is 98.5 Å². The third-order valence-corrected chi connectivity index (χ3v) is 2.27. The number of rotatable bonds is 8. The Balaban J connectivity index is 2.24. The normalized spacial score (nSPS) is 15.8. The zero-order chi connectivity index (χ0) is 11.6. The van der Waals surface area contributed by atoms with Gasteiger partial charge in [-0.25, -0.2) is 0 Å². The van der Waals surface area contributed by atoms with E-state index in [0.717, 1.165) is 50.9 Å². The van der Waals surface area contributed by atoms with E-state index in [2.05, 4.69) is 19.2 Å². The molecule has 1 aliphatic rings. The van der Waals surface area contributed by atoms with Crippen molar-refractivity contribution in [2.75, 3.05) is 13.2 Å². The number of dihydropyridines is 1. The van der Waals surface area contributed by atoms with E-state index in [1.165, 1.54) is 0 Å². The van der Waals surface area contributed by atoms with Crippen LogP contribution in [-0.2, 0) is 9.47 Å².